The second-order valence-corrected chi connectivity index (χ2v) is 4.06. The monoisotopic (exact) mass is 256 g/mol. The molecule has 19 heavy (non-hydrogen) atoms. The Kier molecular flexibility index (Phi) is 3.61. The Morgan fingerprint density at radius 3 is 2.53 bits per heavy atom. The van der Waals surface area contributed by atoms with Gasteiger partial charge in [-0.2, -0.15) is 0 Å². The Morgan fingerprint density at radius 1 is 1.21 bits per heavy atom. The third-order valence-electron chi connectivity index (χ3n) is 2.38. The summed E-state index contributed by atoms with van der Waals surface area (Å²) < 4.78 is 0. The van der Waals surface area contributed by atoms with Gasteiger partial charge in [0, 0.05) is 29.7 Å². The van der Waals surface area contributed by atoms with E-state index < -0.39 is 4.92 Å². The van der Waals surface area contributed by atoms with E-state index in [2.05, 4.69) is 15.0 Å². The molecule has 0 atom stereocenters. The molecule has 0 aliphatic rings. The van der Waals surface area contributed by atoms with Gasteiger partial charge in [-0.15, -0.1) is 0 Å². The molecule has 0 aliphatic carbocycles. The van der Waals surface area contributed by atoms with Gasteiger partial charge in [0.05, 0.1) is 4.92 Å². The number of nitro benzene ring substituents is 1. The van der Waals surface area contributed by atoms with Gasteiger partial charge in [0.15, 0.2) is 0 Å². The summed E-state index contributed by atoms with van der Waals surface area (Å²) in [4.78, 5) is 22.7. The predicted octanol–water partition coefficient (Wildman–Crippen LogP) is 2.75. The molecule has 1 heterocycles. The number of nitro groups is 1. The second-order valence-electron chi connectivity index (χ2n) is 4.06. The van der Waals surface area contributed by atoms with E-state index in [1.54, 1.807) is 12.1 Å². The van der Waals surface area contributed by atoms with E-state index >= 15 is 0 Å². The van der Waals surface area contributed by atoms with Crippen LogP contribution in [-0.2, 0) is 0 Å². The molecule has 0 unspecified atom stereocenters. The first kappa shape index (κ1) is 12.8. The zero-order valence-electron chi connectivity index (χ0n) is 10.6. The van der Waals surface area contributed by atoms with Crippen LogP contribution in [0.5, 0.6) is 0 Å². The van der Waals surface area contributed by atoms with Gasteiger partial charge in [-0.1, -0.05) is 12.1 Å². The number of hydrogen-bond donors (Lipinski definition) is 0. The number of non-ortho nitro benzene ring substituents is 1. The van der Waals surface area contributed by atoms with Crippen LogP contribution in [-0.4, -0.2) is 21.1 Å². The smallest absolute Gasteiger partial charge is 0.258 e. The summed E-state index contributed by atoms with van der Waals surface area (Å²) in [6.45, 7) is 3.72. The summed E-state index contributed by atoms with van der Waals surface area (Å²) in [6, 6.07) is 8.09. The van der Waals surface area contributed by atoms with E-state index in [0.29, 0.717) is 11.5 Å². The second kappa shape index (κ2) is 5.34. The van der Waals surface area contributed by atoms with Crippen molar-refractivity contribution in [3.05, 3.63) is 57.4 Å². The molecule has 2 rings (SSSR count). The van der Waals surface area contributed by atoms with E-state index in [4.69, 9.17) is 0 Å². The lowest BCUT2D eigenvalue weighted by Gasteiger charge is -1.97. The van der Waals surface area contributed by atoms with E-state index in [1.165, 1.54) is 18.3 Å². The van der Waals surface area contributed by atoms with Gasteiger partial charge in [0.2, 0.25) is 5.95 Å². The number of rotatable bonds is 3. The maximum Gasteiger partial charge on any atom is 0.270 e. The topological polar surface area (TPSA) is 81.3 Å². The van der Waals surface area contributed by atoms with E-state index in [9.17, 15) is 10.1 Å². The third-order valence-corrected chi connectivity index (χ3v) is 2.38. The van der Waals surface area contributed by atoms with Gasteiger partial charge in [-0.05, 0) is 25.5 Å². The number of nitrogens with zero attached hydrogens (tertiary/aromatic N) is 4. The fourth-order valence-electron chi connectivity index (χ4n) is 1.62. The molecule has 96 valence electrons. The number of aromatic nitrogens is 2. The molecule has 6 heteroatoms. The minimum atomic E-state index is -0.440. The number of aryl methyl sites for hydroxylation is 2. The normalized spacial score (nSPS) is 10.8. The minimum absolute atomic E-state index is 0.0327. The van der Waals surface area contributed by atoms with Crippen LogP contribution in [0.2, 0.25) is 0 Å². The molecule has 0 N–H and O–H groups in total. The van der Waals surface area contributed by atoms with Crippen LogP contribution in [0.4, 0.5) is 11.6 Å². The fraction of sp³-hybridized carbons (Fsp3) is 0.154. The Morgan fingerprint density at radius 2 is 1.89 bits per heavy atom. The lowest BCUT2D eigenvalue weighted by Crippen LogP contribution is -1.91. The van der Waals surface area contributed by atoms with Crippen molar-refractivity contribution < 1.29 is 4.92 Å². The van der Waals surface area contributed by atoms with Crippen LogP contribution in [0.15, 0.2) is 35.3 Å². The van der Waals surface area contributed by atoms with Gasteiger partial charge < -0.3 is 0 Å². The van der Waals surface area contributed by atoms with Crippen molar-refractivity contribution >= 4 is 17.9 Å². The highest BCUT2D eigenvalue weighted by Gasteiger charge is 2.04. The Hall–Kier alpha value is -2.63. The van der Waals surface area contributed by atoms with Gasteiger partial charge in [0.25, 0.3) is 5.69 Å². The molecule has 0 spiro atoms. The first-order valence-corrected chi connectivity index (χ1v) is 5.65. The first-order chi connectivity index (χ1) is 9.04. The molecule has 0 saturated carbocycles. The highest BCUT2D eigenvalue weighted by molar-refractivity contribution is 5.82. The van der Waals surface area contributed by atoms with Crippen molar-refractivity contribution in [3.63, 3.8) is 0 Å². The summed E-state index contributed by atoms with van der Waals surface area (Å²) in [6.07, 6.45) is 1.52. The first-order valence-electron chi connectivity index (χ1n) is 5.65. The third kappa shape index (κ3) is 3.41. The Bertz CT molecular complexity index is 633. The lowest BCUT2D eigenvalue weighted by atomic mass is 10.2. The zero-order chi connectivity index (χ0) is 13.8. The number of benzene rings is 1. The lowest BCUT2D eigenvalue weighted by molar-refractivity contribution is -0.384. The van der Waals surface area contributed by atoms with Crippen LogP contribution < -0.4 is 0 Å². The summed E-state index contributed by atoms with van der Waals surface area (Å²) in [5.41, 5.74) is 2.33. The molecule has 0 radical (unpaired) electrons. The van der Waals surface area contributed by atoms with Crippen molar-refractivity contribution in [1.29, 1.82) is 0 Å². The average molecular weight is 256 g/mol. The highest BCUT2D eigenvalue weighted by Crippen LogP contribution is 2.13. The molecule has 1 aromatic carbocycles. The molecule has 0 bridgehead atoms. The summed E-state index contributed by atoms with van der Waals surface area (Å²) >= 11 is 0. The van der Waals surface area contributed by atoms with E-state index in [1.807, 2.05) is 19.9 Å². The predicted molar refractivity (Wildman–Crippen MR) is 71.9 cm³/mol. The molecular weight excluding hydrogens is 244 g/mol. The van der Waals surface area contributed by atoms with Crippen LogP contribution in [0.25, 0.3) is 0 Å². The molecule has 0 aliphatic heterocycles. The summed E-state index contributed by atoms with van der Waals surface area (Å²) in [7, 11) is 0. The molecular formula is C13H12N4O2. The van der Waals surface area contributed by atoms with Crippen molar-refractivity contribution in [2.24, 2.45) is 4.99 Å². The van der Waals surface area contributed by atoms with Gasteiger partial charge in [-0.25, -0.2) is 15.0 Å². The highest BCUT2D eigenvalue weighted by atomic mass is 16.6. The summed E-state index contributed by atoms with van der Waals surface area (Å²) in [5, 5.41) is 10.7. The zero-order valence-corrected chi connectivity index (χ0v) is 10.6. The Labute approximate surface area is 110 Å². The molecule has 0 amide bonds. The van der Waals surface area contributed by atoms with Crippen molar-refractivity contribution in [2.75, 3.05) is 0 Å². The SMILES string of the molecule is Cc1cc(C)nc(/N=C/c2cccc([N+](=O)[O-])c2)n1. The Balaban J connectivity index is 2.27. The van der Waals surface area contributed by atoms with Crippen LogP contribution >= 0.6 is 0 Å². The van der Waals surface area contributed by atoms with Gasteiger partial charge in [0.1, 0.15) is 0 Å². The van der Waals surface area contributed by atoms with Crippen LogP contribution in [0.1, 0.15) is 17.0 Å². The minimum Gasteiger partial charge on any atom is -0.258 e. The van der Waals surface area contributed by atoms with Crippen LogP contribution in [0.3, 0.4) is 0 Å². The van der Waals surface area contributed by atoms with Crippen molar-refractivity contribution in [3.8, 4) is 0 Å². The maximum atomic E-state index is 10.7. The number of hydrogen-bond acceptors (Lipinski definition) is 5. The van der Waals surface area contributed by atoms with Crippen molar-refractivity contribution in [2.45, 2.75) is 13.8 Å². The standard InChI is InChI=1S/C13H12N4O2/c1-9-6-10(2)16-13(15-9)14-8-11-4-3-5-12(7-11)17(18)19/h3-8H,1-2H3/b14-8+. The molecule has 2 aromatic rings. The molecule has 0 saturated heterocycles. The average Bonchev–Trinajstić information content (AvgIpc) is 2.35. The number of aliphatic imine (C=N–C) groups is 1. The maximum absolute atomic E-state index is 10.7. The molecule has 6 nitrogen and oxygen atoms in total. The van der Waals surface area contributed by atoms with E-state index in [0.717, 1.165) is 11.4 Å². The quantitative estimate of drug-likeness (QED) is 0.480. The van der Waals surface area contributed by atoms with Gasteiger partial charge >= 0.3 is 0 Å². The summed E-state index contributed by atoms with van der Waals surface area (Å²) in [5.74, 6) is 0.351. The van der Waals surface area contributed by atoms with Crippen LogP contribution in [0, 0.1) is 24.0 Å². The fourth-order valence-corrected chi connectivity index (χ4v) is 1.62. The largest absolute Gasteiger partial charge is 0.270 e. The molecule has 0 fully saturated rings. The van der Waals surface area contributed by atoms with Crippen molar-refractivity contribution in [1.82, 2.24) is 9.97 Å². The van der Waals surface area contributed by atoms with Gasteiger partial charge in [-0.3, -0.25) is 10.1 Å². The molecule has 1 aromatic heterocycles. The van der Waals surface area contributed by atoms with E-state index in [-0.39, 0.29) is 5.69 Å².